The van der Waals surface area contributed by atoms with Crippen LogP contribution in [0.3, 0.4) is 0 Å². The van der Waals surface area contributed by atoms with Gasteiger partial charge in [0.1, 0.15) is 0 Å². The number of benzene rings is 1. The molecule has 1 aromatic heterocycles. The fourth-order valence-corrected chi connectivity index (χ4v) is 2.91. The predicted octanol–water partition coefficient (Wildman–Crippen LogP) is 4.88. The van der Waals surface area contributed by atoms with Crippen LogP contribution in [0.1, 0.15) is 56.5 Å². The maximum atomic E-state index is 5.57. The van der Waals surface area contributed by atoms with Gasteiger partial charge in [-0.3, -0.25) is 4.68 Å². The molecule has 0 amide bonds. The van der Waals surface area contributed by atoms with E-state index in [0.717, 1.165) is 11.4 Å². The summed E-state index contributed by atoms with van der Waals surface area (Å²) in [6.45, 7) is 13.0. The maximum absolute atomic E-state index is 5.57. The monoisotopic (exact) mass is 481 g/mol. The molecule has 0 atom stereocenters. The van der Waals surface area contributed by atoms with Crippen LogP contribution in [0.4, 0.5) is 0 Å². The summed E-state index contributed by atoms with van der Waals surface area (Å²) < 4.78 is 7.66. The van der Waals surface area contributed by atoms with Crippen LogP contribution in [0.25, 0.3) is 11.1 Å². The molecule has 124 valence electrons. The molecule has 0 saturated carbocycles. The summed E-state index contributed by atoms with van der Waals surface area (Å²) in [4.78, 5) is 0. The molecule has 22 heavy (non-hydrogen) atoms. The number of methoxy groups -OCH3 is 1. The van der Waals surface area contributed by atoms with E-state index >= 15 is 0 Å². The molecule has 1 heterocycles. The van der Waals surface area contributed by atoms with Gasteiger partial charge in [-0.15, -0.1) is 5.10 Å². The molecule has 1 aromatic carbocycles. The number of hydrogen-bond donors (Lipinski definition) is 0. The van der Waals surface area contributed by atoms with E-state index in [1.807, 2.05) is 0 Å². The molecule has 0 unspecified atom stereocenters. The number of nitrogens with zero attached hydrogens (tertiary/aromatic N) is 2. The summed E-state index contributed by atoms with van der Waals surface area (Å²) in [5.74, 6) is 1.11. The van der Waals surface area contributed by atoms with Crippen LogP contribution >= 0.6 is 0 Å². The van der Waals surface area contributed by atoms with Gasteiger partial charge in [-0.25, -0.2) is 0 Å². The summed E-state index contributed by atoms with van der Waals surface area (Å²) in [6.07, 6.45) is 0. The van der Waals surface area contributed by atoms with E-state index < -0.39 is 0 Å². The normalized spacial score (nSPS) is 11.0. The van der Waals surface area contributed by atoms with Gasteiger partial charge in [0.05, 0.1) is 18.4 Å². The first-order valence-corrected chi connectivity index (χ1v) is 7.60. The van der Waals surface area contributed by atoms with Crippen LogP contribution in [0.5, 0.6) is 5.88 Å². The summed E-state index contributed by atoms with van der Waals surface area (Å²) in [5, 5.41) is 4.68. The summed E-state index contributed by atoms with van der Waals surface area (Å²) in [5.41, 5.74) is 6.10. The molecule has 0 bridgehead atoms. The van der Waals surface area contributed by atoms with Gasteiger partial charge >= 0.3 is 0 Å². The first kappa shape index (κ1) is 19.0. The Kier molecular flexibility index (Phi) is 6.43. The van der Waals surface area contributed by atoms with Crippen molar-refractivity contribution in [2.45, 2.75) is 53.5 Å². The van der Waals surface area contributed by atoms with Crippen molar-refractivity contribution in [1.82, 2.24) is 9.78 Å². The minimum Gasteiger partial charge on any atom is -0.479 e. The SMILES string of the molecule is COc1nn(C(C)C)c(C(C)C)c1-c1cc(C)cc(C)c1.[Pt]. The van der Waals surface area contributed by atoms with E-state index in [0.29, 0.717) is 12.0 Å². The predicted molar refractivity (Wildman–Crippen MR) is 88.2 cm³/mol. The van der Waals surface area contributed by atoms with E-state index in [-0.39, 0.29) is 21.1 Å². The number of hydrogen-bond acceptors (Lipinski definition) is 2. The number of aryl methyl sites for hydroxylation is 2. The van der Waals surface area contributed by atoms with Gasteiger partial charge in [-0.05, 0) is 39.2 Å². The summed E-state index contributed by atoms with van der Waals surface area (Å²) >= 11 is 0. The van der Waals surface area contributed by atoms with Crippen LogP contribution in [0.2, 0.25) is 0 Å². The van der Waals surface area contributed by atoms with E-state index in [4.69, 9.17) is 4.74 Å². The second-order valence-electron chi connectivity index (χ2n) is 6.34. The van der Waals surface area contributed by atoms with Crippen LogP contribution in [-0.4, -0.2) is 16.9 Å². The van der Waals surface area contributed by atoms with Crippen molar-refractivity contribution in [3.63, 3.8) is 0 Å². The minimum atomic E-state index is 0. The van der Waals surface area contributed by atoms with Crippen molar-refractivity contribution in [2.75, 3.05) is 7.11 Å². The molecule has 0 N–H and O–H groups in total. The Morgan fingerprint density at radius 2 is 1.55 bits per heavy atom. The van der Waals surface area contributed by atoms with E-state index in [9.17, 15) is 0 Å². The van der Waals surface area contributed by atoms with Gasteiger partial charge in [0.2, 0.25) is 5.88 Å². The zero-order chi connectivity index (χ0) is 15.7. The van der Waals surface area contributed by atoms with Crippen molar-refractivity contribution >= 4 is 0 Å². The molecule has 3 nitrogen and oxygen atoms in total. The fourth-order valence-electron chi connectivity index (χ4n) is 2.91. The molecule has 0 aliphatic rings. The van der Waals surface area contributed by atoms with E-state index in [2.05, 4.69) is 69.5 Å². The van der Waals surface area contributed by atoms with Gasteiger partial charge in [0.25, 0.3) is 0 Å². The van der Waals surface area contributed by atoms with Gasteiger partial charge in [-0.1, -0.05) is 43.2 Å². The quantitative estimate of drug-likeness (QED) is 0.623. The largest absolute Gasteiger partial charge is 0.479 e. The Balaban J connectivity index is 0.00000242. The van der Waals surface area contributed by atoms with E-state index in [1.165, 1.54) is 22.4 Å². The summed E-state index contributed by atoms with van der Waals surface area (Å²) in [7, 11) is 1.70. The average Bonchev–Trinajstić information content (AvgIpc) is 2.77. The number of ether oxygens (including phenoxy) is 1. The molecule has 0 spiro atoms. The van der Waals surface area contributed by atoms with Crippen LogP contribution in [0.15, 0.2) is 18.2 Å². The molecule has 2 aromatic rings. The fraction of sp³-hybridized carbons (Fsp3) is 0.500. The third-order valence-electron chi connectivity index (χ3n) is 3.66. The van der Waals surface area contributed by atoms with Crippen molar-refractivity contribution in [2.24, 2.45) is 0 Å². The van der Waals surface area contributed by atoms with Crippen LogP contribution < -0.4 is 4.74 Å². The minimum absolute atomic E-state index is 0. The third kappa shape index (κ3) is 3.63. The molecule has 0 saturated heterocycles. The molecular weight excluding hydrogens is 455 g/mol. The zero-order valence-corrected chi connectivity index (χ0v) is 16.8. The molecule has 0 fully saturated rings. The molecule has 4 heteroatoms. The van der Waals surface area contributed by atoms with Crippen molar-refractivity contribution in [3.8, 4) is 17.0 Å². The standard InChI is InChI=1S/C18H26N2O.Pt/c1-11(2)17-16(15-9-13(5)8-14(6)10-15)18(21-7)19-20(17)12(3)4;/h8-12H,1-7H3;. The van der Waals surface area contributed by atoms with Crippen molar-refractivity contribution < 1.29 is 25.8 Å². The second-order valence-corrected chi connectivity index (χ2v) is 6.34. The molecule has 0 radical (unpaired) electrons. The zero-order valence-electron chi connectivity index (χ0n) is 14.5. The third-order valence-corrected chi connectivity index (χ3v) is 3.66. The Hall–Kier alpha value is -1.08. The van der Waals surface area contributed by atoms with E-state index in [1.54, 1.807) is 7.11 Å². The van der Waals surface area contributed by atoms with Crippen molar-refractivity contribution in [3.05, 3.63) is 35.0 Å². The second kappa shape index (κ2) is 7.46. The summed E-state index contributed by atoms with van der Waals surface area (Å²) in [6, 6.07) is 6.93. The average molecular weight is 481 g/mol. The maximum Gasteiger partial charge on any atom is 0.240 e. The molecule has 2 rings (SSSR count). The van der Waals surface area contributed by atoms with Gasteiger partial charge in [0.15, 0.2) is 0 Å². The molecule has 0 aliphatic carbocycles. The van der Waals surface area contributed by atoms with Crippen LogP contribution in [0, 0.1) is 13.8 Å². The van der Waals surface area contributed by atoms with Gasteiger partial charge in [0, 0.05) is 27.1 Å². The van der Waals surface area contributed by atoms with Crippen molar-refractivity contribution in [1.29, 1.82) is 0 Å². The Morgan fingerprint density at radius 1 is 1.00 bits per heavy atom. The number of rotatable bonds is 4. The Morgan fingerprint density at radius 3 is 1.95 bits per heavy atom. The first-order valence-electron chi connectivity index (χ1n) is 7.60. The Bertz CT molecular complexity index is 625. The van der Waals surface area contributed by atoms with Crippen LogP contribution in [-0.2, 0) is 21.1 Å². The smallest absolute Gasteiger partial charge is 0.240 e. The molecular formula is C18H26N2OPt. The topological polar surface area (TPSA) is 27.1 Å². The first-order chi connectivity index (χ1) is 9.85. The van der Waals surface area contributed by atoms with Gasteiger partial charge in [-0.2, -0.15) is 0 Å². The van der Waals surface area contributed by atoms with Gasteiger partial charge < -0.3 is 4.74 Å². The Labute approximate surface area is 148 Å². The number of aromatic nitrogens is 2. The molecule has 0 aliphatic heterocycles.